The maximum absolute atomic E-state index is 10.5. The second-order valence-corrected chi connectivity index (χ2v) is 4.86. The third-order valence-electron chi connectivity index (χ3n) is 3.05. The Kier molecular flexibility index (Phi) is 4.12. The lowest BCUT2D eigenvalue weighted by Gasteiger charge is -2.15. The molecule has 0 atom stereocenters. The van der Waals surface area contributed by atoms with Crippen LogP contribution in [0.4, 0.5) is 0 Å². The predicted molar refractivity (Wildman–Crippen MR) is 75.1 cm³/mol. The number of carboxylic acid groups (broad SMARTS) is 1. The summed E-state index contributed by atoms with van der Waals surface area (Å²) in [5, 5.41) is 9.78. The summed E-state index contributed by atoms with van der Waals surface area (Å²) in [6, 6.07) is 10.2. The summed E-state index contributed by atoms with van der Waals surface area (Å²) in [5.41, 5.74) is 3.18. The number of hydrogen-bond acceptors (Lipinski definition) is 3. The van der Waals surface area contributed by atoms with E-state index in [0.29, 0.717) is 6.54 Å². The van der Waals surface area contributed by atoms with E-state index in [2.05, 4.69) is 17.1 Å². The van der Waals surface area contributed by atoms with Crippen LogP contribution in [-0.4, -0.2) is 34.6 Å². The van der Waals surface area contributed by atoms with E-state index in [1.54, 1.807) is 0 Å². The first kappa shape index (κ1) is 13.5. The number of benzene rings is 1. The Morgan fingerprint density at radius 1 is 1.32 bits per heavy atom. The van der Waals surface area contributed by atoms with Gasteiger partial charge in [-0.15, -0.1) is 0 Å². The molecule has 0 aliphatic carbocycles. The number of rotatable bonds is 5. The lowest BCUT2D eigenvalue weighted by molar-refractivity contribution is -0.137. The summed E-state index contributed by atoms with van der Waals surface area (Å²) in [6.07, 6.45) is 0.171. The summed E-state index contributed by atoms with van der Waals surface area (Å²) >= 11 is 0. The van der Waals surface area contributed by atoms with E-state index >= 15 is 0 Å². The van der Waals surface area contributed by atoms with E-state index in [-0.39, 0.29) is 6.42 Å². The average molecular weight is 258 g/mol. The largest absolute Gasteiger partial charge is 0.481 e. The van der Waals surface area contributed by atoms with Crippen molar-refractivity contribution in [2.24, 2.45) is 0 Å². The number of pyridine rings is 1. The molecule has 2 aromatic rings. The number of carbonyl (C=O) groups is 1. The van der Waals surface area contributed by atoms with Crippen LogP contribution in [0.15, 0.2) is 30.3 Å². The summed E-state index contributed by atoms with van der Waals surface area (Å²) in [6.45, 7) is 3.28. The number of aliphatic carboxylic acids is 1. The molecule has 0 aliphatic heterocycles. The van der Waals surface area contributed by atoms with Crippen molar-refractivity contribution in [3.63, 3.8) is 0 Å². The van der Waals surface area contributed by atoms with Crippen molar-refractivity contribution in [2.45, 2.75) is 19.9 Å². The van der Waals surface area contributed by atoms with Crippen molar-refractivity contribution in [1.82, 2.24) is 9.88 Å². The molecule has 4 heteroatoms. The molecular formula is C15H18N2O2. The Morgan fingerprint density at radius 2 is 2.11 bits per heavy atom. The van der Waals surface area contributed by atoms with Crippen molar-refractivity contribution in [2.75, 3.05) is 13.6 Å². The van der Waals surface area contributed by atoms with Gasteiger partial charge in [-0.05, 0) is 37.7 Å². The van der Waals surface area contributed by atoms with Crippen LogP contribution in [-0.2, 0) is 11.3 Å². The van der Waals surface area contributed by atoms with Gasteiger partial charge in [0.1, 0.15) is 0 Å². The number of fused-ring (bicyclic) bond motifs is 1. The van der Waals surface area contributed by atoms with Crippen LogP contribution in [0.25, 0.3) is 10.9 Å². The van der Waals surface area contributed by atoms with Crippen molar-refractivity contribution in [3.05, 3.63) is 41.6 Å². The molecule has 1 N–H and O–H groups in total. The molecule has 1 aromatic heterocycles. The maximum atomic E-state index is 10.5. The first-order chi connectivity index (χ1) is 9.04. The van der Waals surface area contributed by atoms with Gasteiger partial charge in [-0.25, -0.2) is 0 Å². The van der Waals surface area contributed by atoms with Gasteiger partial charge in [0.2, 0.25) is 0 Å². The van der Waals surface area contributed by atoms with Gasteiger partial charge in [-0.2, -0.15) is 0 Å². The lowest BCUT2D eigenvalue weighted by atomic mass is 10.1. The van der Waals surface area contributed by atoms with Crippen LogP contribution >= 0.6 is 0 Å². The number of hydrogen-bond donors (Lipinski definition) is 1. The Hall–Kier alpha value is -1.94. The molecule has 0 amide bonds. The first-order valence-electron chi connectivity index (χ1n) is 6.31. The normalized spacial score (nSPS) is 11.1. The van der Waals surface area contributed by atoms with E-state index < -0.39 is 5.97 Å². The number of aryl methyl sites for hydroxylation is 1. The van der Waals surface area contributed by atoms with Gasteiger partial charge in [-0.1, -0.05) is 12.1 Å². The van der Waals surface area contributed by atoms with E-state index in [9.17, 15) is 4.79 Å². The first-order valence-corrected chi connectivity index (χ1v) is 6.31. The standard InChI is InChI=1S/C15H18N2O2/c1-11-3-5-13-9-12(4-6-14(13)16-11)10-17(2)8-7-15(18)19/h3-6,9H,7-8,10H2,1-2H3,(H,18,19). The molecule has 1 aromatic carbocycles. The molecule has 0 saturated carbocycles. The third-order valence-corrected chi connectivity index (χ3v) is 3.05. The number of carboxylic acids is 1. The topological polar surface area (TPSA) is 53.4 Å². The van der Waals surface area contributed by atoms with Gasteiger partial charge in [-0.3, -0.25) is 9.78 Å². The van der Waals surface area contributed by atoms with Gasteiger partial charge in [0.15, 0.2) is 0 Å². The Morgan fingerprint density at radius 3 is 2.84 bits per heavy atom. The van der Waals surface area contributed by atoms with E-state index in [0.717, 1.165) is 23.1 Å². The molecule has 2 rings (SSSR count). The zero-order chi connectivity index (χ0) is 13.8. The highest BCUT2D eigenvalue weighted by atomic mass is 16.4. The average Bonchev–Trinajstić information content (AvgIpc) is 2.36. The molecule has 0 spiro atoms. The minimum Gasteiger partial charge on any atom is -0.481 e. The monoisotopic (exact) mass is 258 g/mol. The second-order valence-electron chi connectivity index (χ2n) is 4.86. The van der Waals surface area contributed by atoms with E-state index in [4.69, 9.17) is 5.11 Å². The molecule has 100 valence electrons. The van der Waals surface area contributed by atoms with E-state index in [1.807, 2.05) is 37.1 Å². The fraction of sp³-hybridized carbons (Fsp3) is 0.333. The van der Waals surface area contributed by atoms with Crippen LogP contribution < -0.4 is 0 Å². The van der Waals surface area contributed by atoms with Crippen LogP contribution in [0, 0.1) is 6.92 Å². The highest BCUT2D eigenvalue weighted by Crippen LogP contribution is 2.15. The molecule has 4 nitrogen and oxygen atoms in total. The summed E-state index contributed by atoms with van der Waals surface area (Å²) in [4.78, 5) is 17.0. The Labute approximate surface area is 112 Å². The lowest BCUT2D eigenvalue weighted by Crippen LogP contribution is -2.21. The molecule has 0 aliphatic rings. The van der Waals surface area contributed by atoms with Crippen LogP contribution in [0.5, 0.6) is 0 Å². The SMILES string of the molecule is Cc1ccc2cc(CN(C)CCC(=O)O)ccc2n1. The molecule has 0 fully saturated rings. The Balaban J connectivity index is 2.08. The van der Waals surface area contributed by atoms with Crippen LogP contribution in [0.3, 0.4) is 0 Å². The molecule has 0 unspecified atom stereocenters. The third kappa shape index (κ3) is 3.76. The smallest absolute Gasteiger partial charge is 0.304 e. The summed E-state index contributed by atoms with van der Waals surface area (Å²) < 4.78 is 0. The van der Waals surface area contributed by atoms with Crippen molar-refractivity contribution in [1.29, 1.82) is 0 Å². The fourth-order valence-corrected chi connectivity index (χ4v) is 2.05. The summed E-state index contributed by atoms with van der Waals surface area (Å²) in [7, 11) is 1.93. The van der Waals surface area contributed by atoms with Crippen molar-refractivity contribution in [3.8, 4) is 0 Å². The minimum absolute atomic E-state index is 0.171. The van der Waals surface area contributed by atoms with Gasteiger partial charge < -0.3 is 10.0 Å². The van der Waals surface area contributed by atoms with Gasteiger partial charge in [0, 0.05) is 24.2 Å². The van der Waals surface area contributed by atoms with Gasteiger partial charge in [0.05, 0.1) is 11.9 Å². The molecular weight excluding hydrogens is 240 g/mol. The summed E-state index contributed by atoms with van der Waals surface area (Å²) in [5.74, 6) is -0.759. The zero-order valence-corrected chi connectivity index (χ0v) is 11.3. The quantitative estimate of drug-likeness (QED) is 0.895. The van der Waals surface area contributed by atoms with Crippen molar-refractivity contribution >= 4 is 16.9 Å². The van der Waals surface area contributed by atoms with Gasteiger partial charge in [0.25, 0.3) is 0 Å². The highest BCUT2D eigenvalue weighted by Gasteiger charge is 2.04. The maximum Gasteiger partial charge on any atom is 0.304 e. The predicted octanol–water partition coefficient (Wildman–Crippen LogP) is 2.45. The highest BCUT2D eigenvalue weighted by molar-refractivity contribution is 5.79. The zero-order valence-electron chi connectivity index (χ0n) is 11.3. The molecule has 0 bridgehead atoms. The number of nitrogens with zero attached hydrogens (tertiary/aromatic N) is 2. The van der Waals surface area contributed by atoms with Gasteiger partial charge >= 0.3 is 5.97 Å². The van der Waals surface area contributed by atoms with Crippen LogP contribution in [0.2, 0.25) is 0 Å². The molecule has 19 heavy (non-hydrogen) atoms. The minimum atomic E-state index is -0.759. The second kappa shape index (κ2) is 5.80. The molecule has 0 radical (unpaired) electrons. The van der Waals surface area contributed by atoms with E-state index in [1.165, 1.54) is 5.56 Å². The molecule has 1 heterocycles. The fourth-order valence-electron chi connectivity index (χ4n) is 2.05. The Bertz CT molecular complexity index is 596. The van der Waals surface area contributed by atoms with Crippen molar-refractivity contribution < 1.29 is 9.90 Å². The number of aromatic nitrogens is 1. The van der Waals surface area contributed by atoms with Crippen LogP contribution in [0.1, 0.15) is 17.7 Å². The molecule has 0 saturated heterocycles.